The van der Waals surface area contributed by atoms with E-state index in [2.05, 4.69) is 78.1 Å². The number of fused-ring (bicyclic) bond motifs is 1. The molecule has 37 heavy (non-hydrogen) atoms. The number of nitrogens with zero attached hydrogens (tertiary/aromatic N) is 5. The summed E-state index contributed by atoms with van der Waals surface area (Å²) >= 11 is 0. The maximum absolute atomic E-state index is 10.1. The van der Waals surface area contributed by atoms with Gasteiger partial charge in [-0.3, -0.25) is 4.90 Å². The van der Waals surface area contributed by atoms with E-state index in [9.17, 15) is 5.11 Å². The highest BCUT2D eigenvalue weighted by Crippen LogP contribution is 2.37. The Hall–Kier alpha value is -2.48. The van der Waals surface area contributed by atoms with Crippen molar-refractivity contribution in [3.8, 4) is 11.1 Å². The number of anilines is 1. The number of nitrogens with one attached hydrogen (secondary N) is 1. The number of rotatable bonds is 9. The second-order valence-corrected chi connectivity index (χ2v) is 11.5. The standard InChI is InChI=1S/C30H44N6O/c1-5-6-21(2)32-30-31-17-27-28(20-36(29(27)33-30)24-11-13-26(37)14-12-24)23-9-7-22(8-10-23)18-35-16-15-25(19-35)34(3)4/h7-10,17,20-21,24-26,37H,5-6,11-16,18-19H2,1-4H3,(H,31,32,33). The molecule has 3 aromatic rings. The predicted molar refractivity (Wildman–Crippen MR) is 152 cm³/mol. The Kier molecular flexibility index (Phi) is 8.12. The molecule has 0 amide bonds. The molecule has 2 N–H and O–H groups in total. The van der Waals surface area contributed by atoms with Crippen molar-refractivity contribution < 1.29 is 5.11 Å². The minimum Gasteiger partial charge on any atom is -0.393 e. The van der Waals surface area contributed by atoms with Crippen molar-refractivity contribution in [3.05, 3.63) is 42.2 Å². The number of hydrogen-bond acceptors (Lipinski definition) is 6. The molecule has 1 aliphatic heterocycles. The fourth-order valence-electron chi connectivity index (χ4n) is 6.09. The van der Waals surface area contributed by atoms with Crippen LogP contribution >= 0.6 is 0 Å². The number of hydrogen-bond donors (Lipinski definition) is 2. The average molecular weight is 505 g/mol. The summed E-state index contributed by atoms with van der Waals surface area (Å²) in [4.78, 5) is 14.6. The molecule has 0 spiro atoms. The van der Waals surface area contributed by atoms with Crippen LogP contribution in [0.5, 0.6) is 0 Å². The van der Waals surface area contributed by atoms with Gasteiger partial charge in [-0.2, -0.15) is 4.98 Å². The third-order valence-electron chi connectivity index (χ3n) is 8.38. The molecule has 2 aliphatic rings. The van der Waals surface area contributed by atoms with Gasteiger partial charge in [0.05, 0.1) is 6.10 Å². The maximum atomic E-state index is 10.1. The lowest BCUT2D eigenvalue weighted by molar-refractivity contribution is 0.111. The van der Waals surface area contributed by atoms with E-state index in [1.165, 1.54) is 29.7 Å². The van der Waals surface area contributed by atoms with Crippen LogP contribution in [0.4, 0.5) is 5.95 Å². The zero-order valence-electron chi connectivity index (χ0n) is 23.0. The largest absolute Gasteiger partial charge is 0.393 e. The van der Waals surface area contributed by atoms with Gasteiger partial charge in [-0.25, -0.2) is 4.98 Å². The van der Waals surface area contributed by atoms with E-state index in [-0.39, 0.29) is 6.10 Å². The lowest BCUT2D eigenvalue weighted by Gasteiger charge is -2.27. The van der Waals surface area contributed by atoms with Gasteiger partial charge in [0.1, 0.15) is 5.65 Å². The molecule has 2 fully saturated rings. The van der Waals surface area contributed by atoms with Gasteiger partial charge in [0.15, 0.2) is 0 Å². The first-order chi connectivity index (χ1) is 17.9. The third-order valence-corrected chi connectivity index (χ3v) is 8.38. The molecule has 2 aromatic heterocycles. The first-order valence-electron chi connectivity index (χ1n) is 14.2. The van der Waals surface area contributed by atoms with Gasteiger partial charge in [-0.15, -0.1) is 0 Å². The van der Waals surface area contributed by atoms with E-state index < -0.39 is 0 Å². The minimum atomic E-state index is -0.171. The van der Waals surface area contributed by atoms with Crippen LogP contribution in [0.2, 0.25) is 0 Å². The van der Waals surface area contributed by atoms with Crippen molar-refractivity contribution in [2.24, 2.45) is 0 Å². The van der Waals surface area contributed by atoms with Crippen molar-refractivity contribution in [2.45, 2.75) is 89.6 Å². The molecule has 0 bridgehead atoms. The molecule has 2 atom stereocenters. The van der Waals surface area contributed by atoms with Gasteiger partial charge >= 0.3 is 0 Å². The van der Waals surface area contributed by atoms with Crippen molar-refractivity contribution in [1.29, 1.82) is 0 Å². The van der Waals surface area contributed by atoms with Crippen LogP contribution in [0.25, 0.3) is 22.2 Å². The lowest BCUT2D eigenvalue weighted by atomic mass is 9.93. The summed E-state index contributed by atoms with van der Waals surface area (Å²) in [6, 6.07) is 10.4. The zero-order valence-corrected chi connectivity index (χ0v) is 23.0. The molecule has 200 valence electrons. The first kappa shape index (κ1) is 26.1. The van der Waals surface area contributed by atoms with Crippen molar-refractivity contribution in [2.75, 3.05) is 32.5 Å². The Morgan fingerprint density at radius 3 is 2.54 bits per heavy atom. The average Bonchev–Trinajstić information content (AvgIpc) is 3.50. The fraction of sp³-hybridized carbons (Fsp3) is 0.600. The number of likely N-dealkylation sites (tertiary alicyclic amines) is 1. The molecule has 1 saturated heterocycles. The van der Waals surface area contributed by atoms with Crippen LogP contribution in [-0.2, 0) is 6.54 Å². The second-order valence-electron chi connectivity index (χ2n) is 11.5. The van der Waals surface area contributed by atoms with Crippen molar-refractivity contribution in [3.63, 3.8) is 0 Å². The van der Waals surface area contributed by atoms with E-state index in [1.807, 2.05) is 6.20 Å². The highest BCUT2D eigenvalue weighted by molar-refractivity contribution is 5.94. The Balaban J connectivity index is 1.41. The normalized spacial score (nSPS) is 23.7. The fourth-order valence-corrected chi connectivity index (χ4v) is 6.09. The monoisotopic (exact) mass is 504 g/mol. The highest BCUT2D eigenvalue weighted by Gasteiger charge is 2.25. The van der Waals surface area contributed by atoms with Crippen LogP contribution in [0.15, 0.2) is 36.7 Å². The number of aliphatic hydroxyl groups is 1. The number of aliphatic hydroxyl groups excluding tert-OH is 1. The number of likely N-dealkylation sites (N-methyl/N-ethyl adjacent to an activating group) is 1. The van der Waals surface area contributed by atoms with Crippen molar-refractivity contribution >= 4 is 17.0 Å². The van der Waals surface area contributed by atoms with E-state index in [0.29, 0.717) is 24.1 Å². The second kappa shape index (κ2) is 11.5. The van der Waals surface area contributed by atoms with Gasteiger partial charge in [-0.1, -0.05) is 37.6 Å². The molecule has 0 radical (unpaired) electrons. The van der Waals surface area contributed by atoms with Gasteiger partial charge < -0.3 is 19.9 Å². The van der Waals surface area contributed by atoms with Gasteiger partial charge in [-0.05, 0) is 70.7 Å². The molecule has 2 unspecified atom stereocenters. The topological polar surface area (TPSA) is 69.5 Å². The Labute approximate surface area is 221 Å². The maximum Gasteiger partial charge on any atom is 0.224 e. The van der Waals surface area contributed by atoms with Crippen molar-refractivity contribution in [1.82, 2.24) is 24.3 Å². The van der Waals surface area contributed by atoms with Gasteiger partial charge in [0, 0.05) is 61.1 Å². The highest BCUT2D eigenvalue weighted by atomic mass is 16.3. The van der Waals surface area contributed by atoms with Crippen LogP contribution in [0.3, 0.4) is 0 Å². The predicted octanol–water partition coefficient (Wildman–Crippen LogP) is 5.31. The molecule has 7 nitrogen and oxygen atoms in total. The molecule has 1 aromatic carbocycles. The van der Waals surface area contributed by atoms with Crippen LogP contribution in [0, 0.1) is 0 Å². The van der Waals surface area contributed by atoms with Crippen LogP contribution in [-0.4, -0.2) is 74.8 Å². The Morgan fingerprint density at radius 1 is 1.11 bits per heavy atom. The Morgan fingerprint density at radius 2 is 1.86 bits per heavy atom. The van der Waals surface area contributed by atoms with E-state index in [1.54, 1.807) is 0 Å². The smallest absolute Gasteiger partial charge is 0.224 e. The SMILES string of the molecule is CCCC(C)Nc1ncc2c(-c3ccc(CN4CCC(N(C)C)C4)cc3)cn(C3CCC(O)CC3)c2n1. The molecule has 7 heteroatoms. The molecule has 3 heterocycles. The number of aromatic nitrogens is 3. The minimum absolute atomic E-state index is 0.171. The molecular formula is C30H44N6O. The number of benzene rings is 1. The molecule has 1 aliphatic carbocycles. The summed E-state index contributed by atoms with van der Waals surface area (Å²) in [5.41, 5.74) is 4.75. The third kappa shape index (κ3) is 6.00. The van der Waals surface area contributed by atoms with Gasteiger partial charge in [0.2, 0.25) is 5.95 Å². The molecule has 1 saturated carbocycles. The van der Waals surface area contributed by atoms with Gasteiger partial charge in [0.25, 0.3) is 0 Å². The summed E-state index contributed by atoms with van der Waals surface area (Å²) < 4.78 is 2.35. The first-order valence-corrected chi connectivity index (χ1v) is 14.2. The molecule has 5 rings (SSSR count). The quantitative estimate of drug-likeness (QED) is 0.412. The summed E-state index contributed by atoms with van der Waals surface area (Å²) in [5.74, 6) is 0.701. The Bertz CT molecular complexity index is 1160. The van der Waals surface area contributed by atoms with Crippen LogP contribution in [0.1, 0.15) is 70.4 Å². The zero-order chi connectivity index (χ0) is 25.9. The van der Waals surface area contributed by atoms with E-state index in [4.69, 9.17) is 9.97 Å². The van der Waals surface area contributed by atoms with E-state index in [0.717, 1.165) is 62.6 Å². The summed E-state index contributed by atoms with van der Waals surface area (Å²) in [7, 11) is 4.37. The summed E-state index contributed by atoms with van der Waals surface area (Å²) in [6.45, 7) is 7.70. The summed E-state index contributed by atoms with van der Waals surface area (Å²) in [6.07, 6.45) is 11.2. The molecular weight excluding hydrogens is 460 g/mol. The lowest BCUT2D eigenvalue weighted by Crippen LogP contribution is -2.31. The van der Waals surface area contributed by atoms with Crippen LogP contribution < -0.4 is 5.32 Å². The van der Waals surface area contributed by atoms with E-state index >= 15 is 0 Å². The summed E-state index contributed by atoms with van der Waals surface area (Å²) in [5, 5.41) is 14.7.